The second-order valence-electron chi connectivity index (χ2n) is 3.96. The number of ether oxygens (including phenoxy) is 2. The second-order valence-corrected chi connectivity index (χ2v) is 3.96. The molecule has 0 aromatic carbocycles. The normalized spacial score (nSPS) is 11.8. The number of urea groups is 1. The van der Waals surface area contributed by atoms with Crippen molar-refractivity contribution in [1.82, 2.24) is 10.2 Å². The first kappa shape index (κ1) is 16.9. The smallest absolute Gasteiger partial charge is 0.331 e. The first-order chi connectivity index (χ1) is 8.86. The molecular formula is C12H20N2O5. The highest BCUT2D eigenvalue weighted by Gasteiger charge is 2.10. The average Bonchev–Trinajstić information content (AvgIpc) is 2.34. The number of hydrogen-bond donors (Lipinski definition) is 1. The SMILES string of the molecule is CCOC(=O)/C=C/C(=O)OC[C@H](C)NC(=O)N(C)C. The monoisotopic (exact) mass is 272 g/mol. The van der Waals surface area contributed by atoms with E-state index in [2.05, 4.69) is 10.1 Å². The summed E-state index contributed by atoms with van der Waals surface area (Å²) < 4.78 is 9.45. The maximum atomic E-state index is 11.3. The Labute approximate surface area is 112 Å². The molecule has 0 rings (SSSR count). The fourth-order valence-electron chi connectivity index (χ4n) is 0.963. The summed E-state index contributed by atoms with van der Waals surface area (Å²) in [5, 5.41) is 2.61. The molecule has 0 aliphatic heterocycles. The molecule has 19 heavy (non-hydrogen) atoms. The maximum Gasteiger partial charge on any atom is 0.331 e. The molecule has 0 saturated carbocycles. The van der Waals surface area contributed by atoms with Crippen LogP contribution in [0.2, 0.25) is 0 Å². The van der Waals surface area contributed by atoms with Crippen LogP contribution in [0.3, 0.4) is 0 Å². The fraction of sp³-hybridized carbons (Fsp3) is 0.583. The summed E-state index contributed by atoms with van der Waals surface area (Å²) in [7, 11) is 3.21. The Morgan fingerprint density at radius 1 is 1.16 bits per heavy atom. The van der Waals surface area contributed by atoms with Gasteiger partial charge in [0, 0.05) is 26.2 Å². The average molecular weight is 272 g/mol. The molecule has 0 fully saturated rings. The minimum absolute atomic E-state index is 0.0194. The minimum atomic E-state index is -0.668. The van der Waals surface area contributed by atoms with E-state index in [1.807, 2.05) is 0 Å². The van der Waals surface area contributed by atoms with Crippen LogP contribution >= 0.6 is 0 Å². The Hall–Kier alpha value is -2.05. The van der Waals surface area contributed by atoms with Crippen molar-refractivity contribution in [3.8, 4) is 0 Å². The van der Waals surface area contributed by atoms with Crippen molar-refractivity contribution < 1.29 is 23.9 Å². The van der Waals surface area contributed by atoms with Gasteiger partial charge in [-0.3, -0.25) is 0 Å². The number of nitrogens with one attached hydrogen (secondary N) is 1. The van der Waals surface area contributed by atoms with Gasteiger partial charge in [0.1, 0.15) is 6.61 Å². The van der Waals surface area contributed by atoms with Gasteiger partial charge in [0.25, 0.3) is 0 Å². The Balaban J connectivity index is 3.96. The summed E-state index contributed by atoms with van der Waals surface area (Å²) in [6.45, 7) is 3.63. The van der Waals surface area contributed by atoms with Gasteiger partial charge in [-0.25, -0.2) is 14.4 Å². The van der Waals surface area contributed by atoms with Gasteiger partial charge in [-0.1, -0.05) is 0 Å². The largest absolute Gasteiger partial charge is 0.463 e. The minimum Gasteiger partial charge on any atom is -0.463 e. The van der Waals surface area contributed by atoms with Crippen molar-refractivity contribution in [2.24, 2.45) is 0 Å². The first-order valence-corrected chi connectivity index (χ1v) is 5.86. The Bertz CT molecular complexity index is 352. The molecule has 1 atom stereocenters. The third-order valence-electron chi connectivity index (χ3n) is 1.89. The molecule has 0 saturated heterocycles. The first-order valence-electron chi connectivity index (χ1n) is 5.86. The molecule has 2 amide bonds. The quantitative estimate of drug-likeness (QED) is 0.555. The van der Waals surface area contributed by atoms with E-state index < -0.39 is 11.9 Å². The molecule has 0 spiro atoms. The van der Waals surface area contributed by atoms with Gasteiger partial charge in [-0.05, 0) is 13.8 Å². The van der Waals surface area contributed by atoms with Gasteiger partial charge in [-0.2, -0.15) is 0 Å². The zero-order chi connectivity index (χ0) is 14.8. The van der Waals surface area contributed by atoms with Gasteiger partial charge < -0.3 is 19.7 Å². The Kier molecular flexibility index (Phi) is 7.99. The van der Waals surface area contributed by atoms with Crippen LogP contribution < -0.4 is 5.32 Å². The van der Waals surface area contributed by atoms with Gasteiger partial charge in [0.05, 0.1) is 12.6 Å². The van der Waals surface area contributed by atoms with E-state index in [9.17, 15) is 14.4 Å². The van der Waals surface area contributed by atoms with Gasteiger partial charge in [0.15, 0.2) is 0 Å². The van der Waals surface area contributed by atoms with Crippen molar-refractivity contribution in [2.75, 3.05) is 27.3 Å². The van der Waals surface area contributed by atoms with Crippen LogP contribution in [0.15, 0.2) is 12.2 Å². The number of nitrogens with zero attached hydrogens (tertiary/aromatic N) is 1. The van der Waals surface area contributed by atoms with Gasteiger partial charge in [0.2, 0.25) is 0 Å². The molecular weight excluding hydrogens is 252 g/mol. The van der Waals surface area contributed by atoms with Crippen LogP contribution in [0.4, 0.5) is 4.79 Å². The van der Waals surface area contributed by atoms with Gasteiger partial charge in [-0.15, -0.1) is 0 Å². The highest BCUT2D eigenvalue weighted by atomic mass is 16.5. The second kappa shape index (κ2) is 8.96. The van der Waals surface area contributed by atoms with Crippen LogP contribution in [0.25, 0.3) is 0 Å². The highest BCUT2D eigenvalue weighted by molar-refractivity contribution is 5.91. The summed E-state index contributed by atoms with van der Waals surface area (Å²) in [5.41, 5.74) is 0. The van der Waals surface area contributed by atoms with E-state index in [-0.39, 0.29) is 25.3 Å². The van der Waals surface area contributed by atoms with E-state index in [4.69, 9.17) is 4.74 Å². The Morgan fingerprint density at radius 3 is 2.16 bits per heavy atom. The van der Waals surface area contributed by atoms with Crippen molar-refractivity contribution in [3.63, 3.8) is 0 Å². The predicted octanol–water partition coefficient (Wildman–Crippen LogP) is 0.309. The molecule has 1 N–H and O–H groups in total. The van der Waals surface area contributed by atoms with E-state index in [0.29, 0.717) is 0 Å². The highest BCUT2D eigenvalue weighted by Crippen LogP contribution is 1.90. The standard InChI is InChI=1S/C12H20N2O5/c1-5-18-10(15)6-7-11(16)19-8-9(2)13-12(17)14(3)4/h6-7,9H,5,8H2,1-4H3,(H,13,17)/b7-6+/t9-/m0/s1. The zero-order valence-corrected chi connectivity index (χ0v) is 11.6. The third-order valence-corrected chi connectivity index (χ3v) is 1.89. The Morgan fingerprint density at radius 2 is 1.68 bits per heavy atom. The number of carbonyl (C=O) groups excluding carboxylic acids is 3. The van der Waals surface area contributed by atoms with Crippen molar-refractivity contribution in [2.45, 2.75) is 19.9 Å². The van der Waals surface area contributed by atoms with Crippen LogP contribution in [0.1, 0.15) is 13.8 Å². The number of rotatable bonds is 6. The van der Waals surface area contributed by atoms with Crippen molar-refractivity contribution in [3.05, 3.63) is 12.2 Å². The number of carbonyl (C=O) groups is 3. The molecule has 0 radical (unpaired) electrons. The van der Waals surface area contributed by atoms with Crippen molar-refractivity contribution >= 4 is 18.0 Å². The predicted molar refractivity (Wildman–Crippen MR) is 68.4 cm³/mol. The van der Waals surface area contributed by atoms with Crippen LogP contribution in [0, 0.1) is 0 Å². The molecule has 0 aromatic rings. The summed E-state index contributed by atoms with van der Waals surface area (Å²) in [6.07, 6.45) is 1.98. The molecule has 0 aliphatic carbocycles. The summed E-state index contributed by atoms with van der Waals surface area (Å²) >= 11 is 0. The molecule has 0 bridgehead atoms. The number of amides is 2. The topological polar surface area (TPSA) is 84.9 Å². The third kappa shape index (κ3) is 8.64. The zero-order valence-electron chi connectivity index (χ0n) is 11.6. The summed E-state index contributed by atoms with van der Waals surface area (Å²) in [5.74, 6) is -1.27. The number of hydrogen-bond acceptors (Lipinski definition) is 5. The lowest BCUT2D eigenvalue weighted by Crippen LogP contribution is -2.42. The van der Waals surface area contributed by atoms with Crippen molar-refractivity contribution in [1.29, 1.82) is 0 Å². The van der Waals surface area contributed by atoms with E-state index >= 15 is 0 Å². The van der Waals surface area contributed by atoms with Crippen LogP contribution in [-0.2, 0) is 19.1 Å². The lowest BCUT2D eigenvalue weighted by Gasteiger charge is -2.17. The van der Waals surface area contributed by atoms with E-state index in [0.717, 1.165) is 12.2 Å². The molecule has 108 valence electrons. The maximum absolute atomic E-state index is 11.3. The fourth-order valence-corrected chi connectivity index (χ4v) is 0.963. The molecule has 0 aromatic heterocycles. The lowest BCUT2D eigenvalue weighted by molar-refractivity contribution is -0.140. The molecule has 7 heteroatoms. The summed E-state index contributed by atoms with van der Waals surface area (Å²) in [4.78, 5) is 34.8. The summed E-state index contributed by atoms with van der Waals surface area (Å²) in [6, 6.07) is -0.597. The van der Waals surface area contributed by atoms with E-state index in [1.54, 1.807) is 27.9 Å². The molecule has 0 unspecified atom stereocenters. The van der Waals surface area contributed by atoms with Crippen LogP contribution in [-0.4, -0.2) is 56.2 Å². The van der Waals surface area contributed by atoms with Crippen LogP contribution in [0.5, 0.6) is 0 Å². The number of esters is 2. The molecule has 0 aliphatic rings. The lowest BCUT2D eigenvalue weighted by atomic mass is 10.4. The molecule has 7 nitrogen and oxygen atoms in total. The van der Waals surface area contributed by atoms with E-state index in [1.165, 1.54) is 4.90 Å². The molecule has 0 heterocycles. The van der Waals surface area contributed by atoms with Gasteiger partial charge >= 0.3 is 18.0 Å².